The van der Waals surface area contributed by atoms with Crippen molar-refractivity contribution in [1.29, 1.82) is 0 Å². The minimum absolute atomic E-state index is 0.190. The van der Waals surface area contributed by atoms with Gasteiger partial charge in [-0.3, -0.25) is 18.7 Å². The number of pyridine rings is 1. The maximum Gasteiger partial charge on any atom is 0.332 e. The molecule has 8 heteroatoms. The molecule has 0 aliphatic carbocycles. The Hall–Kier alpha value is -2.48. The van der Waals surface area contributed by atoms with Crippen LogP contribution in [0.25, 0.3) is 11.0 Å². The second-order valence-electron chi connectivity index (χ2n) is 5.34. The van der Waals surface area contributed by atoms with Crippen LogP contribution in [0.2, 0.25) is 0 Å². The number of fused-ring (bicyclic) bond motifs is 1. The molecule has 2 rings (SSSR count). The molecule has 2 aromatic heterocycles. The molecule has 0 atom stereocenters. The van der Waals surface area contributed by atoms with Gasteiger partial charge in [-0.1, -0.05) is 6.92 Å². The van der Waals surface area contributed by atoms with Gasteiger partial charge in [0.25, 0.3) is 11.5 Å². The van der Waals surface area contributed by atoms with E-state index in [4.69, 9.17) is 0 Å². The maximum atomic E-state index is 12.2. The van der Waals surface area contributed by atoms with Crippen LogP contribution in [-0.2, 0) is 14.1 Å². The lowest BCUT2D eigenvalue weighted by Crippen LogP contribution is -2.38. The van der Waals surface area contributed by atoms with Gasteiger partial charge >= 0.3 is 5.69 Å². The zero-order chi connectivity index (χ0) is 17.1. The number of nitrogens with zero attached hydrogens (tertiary/aromatic N) is 3. The van der Waals surface area contributed by atoms with Crippen molar-refractivity contribution in [2.24, 2.45) is 14.1 Å². The number of likely N-dealkylation sites (N-methyl/N-ethyl adjacent to an activating group) is 1. The van der Waals surface area contributed by atoms with Crippen molar-refractivity contribution in [2.75, 3.05) is 19.6 Å². The molecule has 0 fully saturated rings. The molecule has 23 heavy (non-hydrogen) atoms. The van der Waals surface area contributed by atoms with Crippen LogP contribution >= 0.6 is 0 Å². The SMILES string of the molecule is CCNCCNC(=O)c1cc(C)c2c(=O)n(C)c(=O)n(C)c2n1. The fourth-order valence-corrected chi connectivity index (χ4v) is 2.38. The lowest BCUT2D eigenvalue weighted by molar-refractivity contribution is 0.0949. The molecule has 0 spiro atoms. The number of carbonyl (C=O) groups is 1. The molecule has 0 unspecified atom stereocenters. The highest BCUT2D eigenvalue weighted by atomic mass is 16.2. The standard InChI is InChI=1S/C15H21N5O3/c1-5-16-6-7-17-13(21)10-8-9(2)11-12(18-10)19(3)15(23)20(4)14(11)22/h8,16H,5-7H2,1-4H3,(H,17,21). The van der Waals surface area contributed by atoms with Crippen molar-refractivity contribution < 1.29 is 4.79 Å². The Morgan fingerprint density at radius 2 is 1.91 bits per heavy atom. The van der Waals surface area contributed by atoms with Crippen molar-refractivity contribution in [3.05, 3.63) is 38.2 Å². The number of nitrogens with one attached hydrogen (secondary N) is 2. The van der Waals surface area contributed by atoms with Crippen LogP contribution in [0.4, 0.5) is 0 Å². The van der Waals surface area contributed by atoms with Crippen molar-refractivity contribution in [2.45, 2.75) is 13.8 Å². The maximum absolute atomic E-state index is 12.2. The Balaban J connectivity index is 2.48. The summed E-state index contributed by atoms with van der Waals surface area (Å²) in [7, 11) is 2.95. The van der Waals surface area contributed by atoms with Crippen LogP contribution in [0.1, 0.15) is 23.0 Å². The fraction of sp³-hybridized carbons (Fsp3) is 0.467. The van der Waals surface area contributed by atoms with E-state index in [1.54, 1.807) is 13.0 Å². The molecule has 0 bridgehead atoms. The molecule has 2 aromatic rings. The summed E-state index contributed by atoms with van der Waals surface area (Å²) in [5, 5.41) is 6.20. The van der Waals surface area contributed by atoms with Crippen LogP contribution in [0, 0.1) is 6.92 Å². The molecule has 124 valence electrons. The van der Waals surface area contributed by atoms with E-state index in [0.717, 1.165) is 11.1 Å². The largest absolute Gasteiger partial charge is 0.349 e. The Kier molecular flexibility index (Phi) is 4.95. The van der Waals surface area contributed by atoms with E-state index in [-0.39, 0.29) is 17.2 Å². The van der Waals surface area contributed by atoms with Crippen molar-refractivity contribution in [3.8, 4) is 0 Å². The number of rotatable bonds is 5. The summed E-state index contributed by atoms with van der Waals surface area (Å²) in [5.41, 5.74) is 0.138. The number of amides is 1. The minimum atomic E-state index is -0.473. The number of hydrogen-bond donors (Lipinski definition) is 2. The zero-order valence-electron chi connectivity index (χ0n) is 13.8. The van der Waals surface area contributed by atoms with Crippen LogP contribution in [0.15, 0.2) is 15.7 Å². The normalized spacial score (nSPS) is 11.0. The predicted octanol–water partition coefficient (Wildman–Crippen LogP) is -0.720. The molecular weight excluding hydrogens is 298 g/mol. The Morgan fingerprint density at radius 3 is 2.57 bits per heavy atom. The summed E-state index contributed by atoms with van der Waals surface area (Å²) in [6, 6.07) is 1.57. The first kappa shape index (κ1) is 16.9. The zero-order valence-corrected chi connectivity index (χ0v) is 13.8. The van der Waals surface area contributed by atoms with Gasteiger partial charge in [0.2, 0.25) is 0 Å². The molecule has 0 saturated heterocycles. The monoisotopic (exact) mass is 319 g/mol. The Labute approximate surface area is 133 Å². The summed E-state index contributed by atoms with van der Waals surface area (Å²) in [6.07, 6.45) is 0. The van der Waals surface area contributed by atoms with Crippen LogP contribution in [0.3, 0.4) is 0 Å². The molecule has 8 nitrogen and oxygen atoms in total. The third kappa shape index (κ3) is 3.16. The average molecular weight is 319 g/mol. The summed E-state index contributed by atoms with van der Waals surface area (Å²) in [5.74, 6) is -0.332. The number of aromatic nitrogens is 3. The third-order valence-corrected chi connectivity index (χ3v) is 3.68. The van der Waals surface area contributed by atoms with Gasteiger partial charge in [0.1, 0.15) is 11.3 Å². The lowest BCUT2D eigenvalue weighted by Gasteiger charge is -2.11. The van der Waals surface area contributed by atoms with Crippen molar-refractivity contribution in [1.82, 2.24) is 24.8 Å². The average Bonchev–Trinajstić information content (AvgIpc) is 2.54. The molecule has 0 aromatic carbocycles. The van der Waals surface area contributed by atoms with Gasteiger partial charge in [-0.2, -0.15) is 0 Å². The highest BCUT2D eigenvalue weighted by Crippen LogP contribution is 2.12. The first-order valence-corrected chi connectivity index (χ1v) is 7.44. The van der Waals surface area contributed by atoms with E-state index in [9.17, 15) is 14.4 Å². The third-order valence-electron chi connectivity index (χ3n) is 3.68. The number of carbonyl (C=O) groups excluding carboxylic acids is 1. The molecule has 0 radical (unpaired) electrons. The number of aryl methyl sites for hydroxylation is 2. The van der Waals surface area contributed by atoms with Gasteiger partial charge in [-0.05, 0) is 25.1 Å². The van der Waals surface area contributed by atoms with Crippen LogP contribution in [-0.4, -0.2) is 39.7 Å². The van der Waals surface area contributed by atoms with Crippen molar-refractivity contribution >= 4 is 16.9 Å². The summed E-state index contributed by atoms with van der Waals surface area (Å²) < 4.78 is 2.31. The van der Waals surface area contributed by atoms with Gasteiger partial charge in [0.15, 0.2) is 0 Å². The summed E-state index contributed by atoms with van der Waals surface area (Å²) in [4.78, 5) is 40.7. The van der Waals surface area contributed by atoms with Gasteiger partial charge in [0.05, 0.1) is 5.39 Å². The quantitative estimate of drug-likeness (QED) is 0.709. The van der Waals surface area contributed by atoms with E-state index in [2.05, 4.69) is 15.6 Å². The van der Waals surface area contributed by atoms with E-state index in [1.165, 1.54) is 18.7 Å². The van der Waals surface area contributed by atoms with Gasteiger partial charge in [-0.25, -0.2) is 9.78 Å². The first-order chi connectivity index (χ1) is 10.9. The van der Waals surface area contributed by atoms with E-state index < -0.39 is 11.2 Å². The molecule has 0 saturated carbocycles. The second kappa shape index (κ2) is 6.74. The van der Waals surface area contributed by atoms with Crippen molar-refractivity contribution in [3.63, 3.8) is 0 Å². The Bertz CT molecular complexity index is 866. The lowest BCUT2D eigenvalue weighted by atomic mass is 10.1. The molecular formula is C15H21N5O3. The van der Waals surface area contributed by atoms with Gasteiger partial charge in [0, 0.05) is 27.2 Å². The molecule has 2 N–H and O–H groups in total. The predicted molar refractivity (Wildman–Crippen MR) is 87.8 cm³/mol. The number of hydrogen-bond acceptors (Lipinski definition) is 5. The highest BCUT2D eigenvalue weighted by Gasteiger charge is 2.16. The van der Waals surface area contributed by atoms with Gasteiger partial charge in [-0.15, -0.1) is 0 Å². The Morgan fingerprint density at radius 1 is 1.22 bits per heavy atom. The summed E-state index contributed by atoms with van der Waals surface area (Å²) >= 11 is 0. The topological polar surface area (TPSA) is 98.0 Å². The molecule has 0 aliphatic heterocycles. The van der Waals surface area contributed by atoms with Crippen LogP contribution in [0.5, 0.6) is 0 Å². The van der Waals surface area contributed by atoms with Crippen LogP contribution < -0.4 is 21.9 Å². The van der Waals surface area contributed by atoms with E-state index >= 15 is 0 Å². The fourth-order valence-electron chi connectivity index (χ4n) is 2.38. The van der Waals surface area contributed by atoms with E-state index in [0.29, 0.717) is 24.0 Å². The van der Waals surface area contributed by atoms with Gasteiger partial charge < -0.3 is 10.6 Å². The molecule has 2 heterocycles. The first-order valence-electron chi connectivity index (χ1n) is 7.44. The van der Waals surface area contributed by atoms with E-state index in [1.807, 2.05) is 6.92 Å². The highest BCUT2D eigenvalue weighted by molar-refractivity contribution is 5.95. The summed E-state index contributed by atoms with van der Waals surface area (Å²) in [6.45, 7) is 5.67. The molecule has 0 aliphatic rings. The smallest absolute Gasteiger partial charge is 0.332 e. The second-order valence-corrected chi connectivity index (χ2v) is 5.34. The molecule has 1 amide bonds. The minimum Gasteiger partial charge on any atom is -0.349 e.